The van der Waals surface area contributed by atoms with Crippen molar-refractivity contribution in [3.63, 3.8) is 0 Å². The van der Waals surface area contributed by atoms with Crippen LogP contribution >= 0.6 is 0 Å². The lowest BCUT2D eigenvalue weighted by Gasteiger charge is -2.24. The van der Waals surface area contributed by atoms with Gasteiger partial charge in [-0.05, 0) is 29.3 Å². The largest absolute Gasteiger partial charge is 0.458 e. The van der Waals surface area contributed by atoms with E-state index in [2.05, 4.69) is 4.99 Å². The average Bonchev–Trinajstić information content (AvgIpc) is 2.64. The number of nitrogens with two attached hydrogens (primary N) is 2. The predicted octanol–water partition coefficient (Wildman–Crippen LogP) is 2.70. The first-order valence-corrected chi connectivity index (χ1v) is 9.97. The lowest BCUT2D eigenvalue weighted by Crippen LogP contribution is -2.34. The van der Waals surface area contributed by atoms with Gasteiger partial charge < -0.3 is 11.5 Å². The van der Waals surface area contributed by atoms with E-state index in [9.17, 15) is 35.2 Å². The van der Waals surface area contributed by atoms with Gasteiger partial charge in [0.1, 0.15) is 6.07 Å². The van der Waals surface area contributed by atoms with Crippen molar-refractivity contribution < 1.29 is 35.2 Å². The number of hydrogen-bond acceptors (Lipinski definition) is 4. The molecule has 0 bridgehead atoms. The first kappa shape index (κ1) is 23.7. The summed E-state index contributed by atoms with van der Waals surface area (Å²) >= 11 is 0. The predicted molar refractivity (Wildman–Crippen MR) is 99.8 cm³/mol. The van der Waals surface area contributed by atoms with Gasteiger partial charge in [0, 0.05) is 17.4 Å². The number of nitrogens with zero attached hydrogens (tertiary/aromatic N) is 2. The SMILES string of the molecule is CS(=O)(=O)c1cc(-c2ccccc2C(=O)N=C(N)N)c(C(F)(F)C(F)(F)F)cc1C#N. The molecule has 2 aromatic rings. The Kier molecular flexibility index (Phi) is 6.09. The summed E-state index contributed by atoms with van der Waals surface area (Å²) in [6.45, 7) is 0. The van der Waals surface area contributed by atoms with Gasteiger partial charge in [-0.1, -0.05) is 18.2 Å². The van der Waals surface area contributed by atoms with E-state index >= 15 is 0 Å². The summed E-state index contributed by atoms with van der Waals surface area (Å²) in [6.07, 6.45) is -5.44. The highest BCUT2D eigenvalue weighted by Gasteiger charge is 2.60. The Morgan fingerprint density at radius 1 is 1.06 bits per heavy atom. The van der Waals surface area contributed by atoms with Crippen LogP contribution in [0.25, 0.3) is 11.1 Å². The fourth-order valence-electron chi connectivity index (χ4n) is 2.69. The second-order valence-electron chi connectivity index (χ2n) is 6.24. The summed E-state index contributed by atoms with van der Waals surface area (Å²) in [7, 11) is -4.23. The van der Waals surface area contributed by atoms with E-state index in [1.165, 1.54) is 18.2 Å². The van der Waals surface area contributed by atoms with Crippen molar-refractivity contribution in [1.82, 2.24) is 0 Å². The Hall–Kier alpha value is -3.53. The van der Waals surface area contributed by atoms with Crippen LogP contribution in [0.4, 0.5) is 22.0 Å². The zero-order chi connectivity index (χ0) is 23.8. The Morgan fingerprint density at radius 3 is 2.13 bits per heavy atom. The van der Waals surface area contributed by atoms with Gasteiger partial charge in [-0.15, -0.1) is 0 Å². The molecule has 0 aliphatic carbocycles. The van der Waals surface area contributed by atoms with Crippen molar-refractivity contribution in [3.05, 3.63) is 53.1 Å². The van der Waals surface area contributed by atoms with E-state index in [0.29, 0.717) is 12.3 Å². The van der Waals surface area contributed by atoms with Crippen molar-refractivity contribution >= 4 is 21.7 Å². The number of guanidine groups is 1. The van der Waals surface area contributed by atoms with Gasteiger partial charge in [-0.25, -0.2) is 8.42 Å². The Morgan fingerprint density at radius 2 is 1.65 bits per heavy atom. The summed E-state index contributed by atoms with van der Waals surface area (Å²) in [5.41, 5.74) is 5.70. The Labute approximate surface area is 172 Å². The molecule has 0 unspecified atom stereocenters. The molecule has 0 aliphatic rings. The number of amides is 1. The third-order valence-corrected chi connectivity index (χ3v) is 5.15. The summed E-state index contributed by atoms with van der Waals surface area (Å²) < 4.78 is 92.2. The number of nitriles is 1. The molecular formula is C18H13F5N4O3S. The highest BCUT2D eigenvalue weighted by atomic mass is 32.2. The number of rotatable bonds is 4. The first-order chi connectivity index (χ1) is 14.1. The molecule has 0 radical (unpaired) electrons. The normalized spacial score (nSPS) is 12.2. The number of hydrogen-bond donors (Lipinski definition) is 2. The Balaban J connectivity index is 3.05. The van der Waals surface area contributed by atoms with Gasteiger partial charge in [0.15, 0.2) is 15.8 Å². The monoisotopic (exact) mass is 460 g/mol. The summed E-state index contributed by atoms with van der Waals surface area (Å²) in [5, 5.41) is 9.14. The molecule has 4 N–H and O–H groups in total. The van der Waals surface area contributed by atoms with Crippen LogP contribution in [-0.2, 0) is 15.8 Å². The van der Waals surface area contributed by atoms with E-state index in [4.69, 9.17) is 16.7 Å². The van der Waals surface area contributed by atoms with E-state index < -0.39 is 66.5 Å². The molecule has 0 aliphatic heterocycles. The molecule has 0 atom stereocenters. The lowest BCUT2D eigenvalue weighted by atomic mass is 9.90. The average molecular weight is 460 g/mol. The quantitative estimate of drug-likeness (QED) is 0.409. The number of aliphatic imine (C=N–C) groups is 1. The smallest absolute Gasteiger partial charge is 0.370 e. The van der Waals surface area contributed by atoms with E-state index in [1.807, 2.05) is 0 Å². The second kappa shape index (κ2) is 7.95. The van der Waals surface area contributed by atoms with Crippen LogP contribution in [-0.4, -0.2) is 32.7 Å². The van der Waals surface area contributed by atoms with Gasteiger partial charge >= 0.3 is 12.1 Å². The number of sulfone groups is 1. The molecule has 31 heavy (non-hydrogen) atoms. The van der Waals surface area contributed by atoms with Gasteiger partial charge in [0.2, 0.25) is 0 Å². The second-order valence-corrected chi connectivity index (χ2v) is 8.22. The molecule has 2 aromatic carbocycles. The van der Waals surface area contributed by atoms with Gasteiger partial charge in [-0.2, -0.15) is 32.2 Å². The van der Waals surface area contributed by atoms with Crippen molar-refractivity contribution in [1.29, 1.82) is 5.26 Å². The molecule has 0 fully saturated rings. The number of alkyl halides is 5. The van der Waals surface area contributed by atoms with E-state index in [1.54, 1.807) is 0 Å². The molecule has 0 heterocycles. The third-order valence-electron chi connectivity index (χ3n) is 4.01. The summed E-state index contributed by atoms with van der Waals surface area (Å²) in [5.74, 6) is -7.35. The molecule has 0 spiro atoms. The molecule has 0 aromatic heterocycles. The van der Waals surface area contributed by atoms with Crippen molar-refractivity contribution in [2.75, 3.05) is 6.26 Å². The molecule has 7 nitrogen and oxygen atoms in total. The molecule has 13 heteroatoms. The van der Waals surface area contributed by atoms with Crippen LogP contribution < -0.4 is 11.5 Å². The minimum atomic E-state index is -6.08. The first-order valence-electron chi connectivity index (χ1n) is 8.07. The van der Waals surface area contributed by atoms with Crippen molar-refractivity contribution in [2.45, 2.75) is 17.0 Å². The van der Waals surface area contributed by atoms with Gasteiger partial charge in [0.25, 0.3) is 5.91 Å². The fraction of sp³-hybridized carbons (Fsp3) is 0.167. The third kappa shape index (κ3) is 4.64. The molecular weight excluding hydrogens is 447 g/mol. The molecule has 2 rings (SSSR count). The van der Waals surface area contributed by atoms with E-state index in [-0.39, 0.29) is 6.07 Å². The topological polar surface area (TPSA) is 139 Å². The number of halogens is 5. The fourth-order valence-corrected chi connectivity index (χ4v) is 3.53. The maximum absolute atomic E-state index is 14.4. The van der Waals surface area contributed by atoms with Crippen molar-refractivity contribution in [2.24, 2.45) is 16.5 Å². The molecule has 0 saturated carbocycles. The highest BCUT2D eigenvalue weighted by Crippen LogP contribution is 2.48. The minimum absolute atomic E-state index is 0.140. The highest BCUT2D eigenvalue weighted by molar-refractivity contribution is 7.90. The zero-order valence-electron chi connectivity index (χ0n) is 15.5. The zero-order valence-corrected chi connectivity index (χ0v) is 16.4. The van der Waals surface area contributed by atoms with Crippen LogP contribution in [0.3, 0.4) is 0 Å². The maximum Gasteiger partial charge on any atom is 0.458 e. The van der Waals surface area contributed by atoms with Crippen LogP contribution in [0.15, 0.2) is 46.3 Å². The summed E-state index contributed by atoms with van der Waals surface area (Å²) in [6, 6.07) is 6.49. The summed E-state index contributed by atoms with van der Waals surface area (Å²) in [4.78, 5) is 14.7. The molecule has 1 amide bonds. The maximum atomic E-state index is 14.4. The van der Waals surface area contributed by atoms with Crippen LogP contribution in [0.2, 0.25) is 0 Å². The van der Waals surface area contributed by atoms with E-state index in [0.717, 1.165) is 12.1 Å². The number of benzene rings is 2. The number of carbonyl (C=O) groups excluding carboxylic acids is 1. The van der Waals surface area contributed by atoms with Crippen LogP contribution in [0.1, 0.15) is 21.5 Å². The Bertz CT molecular complexity index is 1230. The molecule has 164 valence electrons. The van der Waals surface area contributed by atoms with Gasteiger partial charge in [0.05, 0.1) is 10.5 Å². The van der Waals surface area contributed by atoms with Crippen LogP contribution in [0.5, 0.6) is 0 Å². The van der Waals surface area contributed by atoms with Crippen molar-refractivity contribution in [3.8, 4) is 17.2 Å². The van der Waals surface area contributed by atoms with Crippen LogP contribution in [0, 0.1) is 11.3 Å². The standard InChI is InChI=1S/C18H13F5N4O3S/c1-31(29,30)14-7-12(10-4-2-3-5-11(10)15(28)27-16(25)26)13(6-9(14)8-24)17(19,20)18(21,22)23/h2-7H,1H3,(H4,25,26,27,28). The molecule has 0 saturated heterocycles. The van der Waals surface area contributed by atoms with Gasteiger partial charge in [-0.3, -0.25) is 4.79 Å². The minimum Gasteiger partial charge on any atom is -0.370 e. The number of carbonyl (C=O) groups is 1. The lowest BCUT2D eigenvalue weighted by molar-refractivity contribution is -0.289.